The van der Waals surface area contributed by atoms with Gasteiger partial charge in [0.1, 0.15) is 0 Å². The fourth-order valence-electron chi connectivity index (χ4n) is 6.13. The van der Waals surface area contributed by atoms with E-state index in [0.29, 0.717) is 0 Å². The highest BCUT2D eigenvalue weighted by Gasteiger charge is 2.36. The smallest absolute Gasteiger partial charge is 0.0946 e. The van der Waals surface area contributed by atoms with Crippen LogP contribution in [0.5, 0.6) is 0 Å². The number of nitrogens with zero attached hydrogens (tertiary/aromatic N) is 3. The number of fused-ring (bicyclic) bond motifs is 2. The Balaban J connectivity index is 0.000000271. The zero-order valence-electron chi connectivity index (χ0n) is 23.3. The molecule has 1 unspecified atom stereocenters. The maximum Gasteiger partial charge on any atom is 0.0946 e. The molecule has 0 amide bonds. The number of H-pyrrole nitrogens is 2. The minimum atomic E-state index is 0.0632. The van der Waals surface area contributed by atoms with Crippen LogP contribution in [0.15, 0.2) is 116 Å². The molecule has 0 radical (unpaired) electrons. The van der Waals surface area contributed by atoms with E-state index >= 15 is 0 Å². The summed E-state index contributed by atoms with van der Waals surface area (Å²) in [6.07, 6.45) is 14.4. The van der Waals surface area contributed by atoms with Gasteiger partial charge in [-0.05, 0) is 80.1 Å². The van der Waals surface area contributed by atoms with E-state index in [-0.39, 0.29) is 5.54 Å². The number of benzene rings is 3. The lowest BCUT2D eigenvalue weighted by atomic mass is 9.75. The number of hydrogen-bond donors (Lipinski definition) is 2. The van der Waals surface area contributed by atoms with Crippen molar-refractivity contribution in [2.45, 2.75) is 37.8 Å². The van der Waals surface area contributed by atoms with E-state index in [1.54, 1.807) is 0 Å². The largest absolute Gasteiger partial charge is 0.361 e. The number of rotatable bonds is 6. The highest BCUT2D eigenvalue weighted by atomic mass is 15.1. The maximum atomic E-state index is 4.20. The molecule has 3 heterocycles. The third kappa shape index (κ3) is 5.13. The molecule has 1 atom stereocenters. The van der Waals surface area contributed by atoms with Gasteiger partial charge in [-0.15, -0.1) is 0 Å². The first kappa shape index (κ1) is 25.9. The van der Waals surface area contributed by atoms with Crippen LogP contribution in [0.3, 0.4) is 0 Å². The predicted octanol–water partition coefficient (Wildman–Crippen LogP) is 7.80. The lowest BCUT2D eigenvalue weighted by molar-refractivity contribution is 0.138. The van der Waals surface area contributed by atoms with Crippen molar-refractivity contribution in [1.82, 2.24) is 24.4 Å². The average Bonchev–Trinajstić information content (AvgIpc) is 3.77. The Morgan fingerprint density at radius 1 is 0.900 bits per heavy atom. The number of allylic oxidation sites excluding steroid dienone is 1. The van der Waals surface area contributed by atoms with Crippen LogP contribution in [0.4, 0.5) is 0 Å². The monoisotopic (exact) mass is 527 g/mol. The van der Waals surface area contributed by atoms with Crippen molar-refractivity contribution in [2.75, 3.05) is 14.1 Å². The topological polar surface area (TPSA) is 52.6 Å². The van der Waals surface area contributed by atoms with Crippen molar-refractivity contribution < 1.29 is 0 Å². The lowest BCUT2D eigenvalue weighted by Crippen LogP contribution is -2.42. The standard InChI is InChI=1S/C27H30N4.C8H7N/c1-30(2)27(22-8-4-3-5-9-22)15-12-21(13-16-27)26-24(14-18-31-19-17-28-20-31)23-10-6-7-11-25(23)29-26;1-2-4-8-7(3-1)5-6-9-8/h3-12,17,19-20,29H,13-16,18H2,1-2H3;1-6,9H. The van der Waals surface area contributed by atoms with Gasteiger partial charge in [-0.3, -0.25) is 4.90 Å². The van der Waals surface area contributed by atoms with Crippen molar-refractivity contribution in [1.29, 1.82) is 0 Å². The third-order valence-electron chi connectivity index (χ3n) is 8.44. The Morgan fingerprint density at radius 2 is 1.68 bits per heavy atom. The Labute approximate surface area is 236 Å². The lowest BCUT2D eigenvalue weighted by Gasteiger charge is -2.43. The SMILES string of the molecule is CN(C)C1(c2ccccc2)CC=C(c2[nH]c3ccccc3c2CCn2ccnc2)CC1.c1ccc2[nH]ccc2c1. The van der Waals surface area contributed by atoms with E-state index in [1.165, 1.54) is 44.2 Å². The van der Waals surface area contributed by atoms with Gasteiger partial charge in [0.05, 0.1) is 6.33 Å². The van der Waals surface area contributed by atoms with Crippen molar-refractivity contribution in [2.24, 2.45) is 0 Å². The third-order valence-corrected chi connectivity index (χ3v) is 8.44. The molecule has 0 saturated heterocycles. The van der Waals surface area contributed by atoms with Crippen LogP contribution < -0.4 is 0 Å². The maximum absolute atomic E-state index is 4.20. The highest BCUT2D eigenvalue weighted by molar-refractivity contribution is 5.89. The number of hydrogen-bond acceptors (Lipinski definition) is 2. The van der Waals surface area contributed by atoms with Crippen LogP contribution in [0.25, 0.3) is 27.4 Å². The molecule has 0 aliphatic heterocycles. The van der Waals surface area contributed by atoms with Crippen molar-refractivity contribution in [3.8, 4) is 0 Å². The zero-order chi connectivity index (χ0) is 27.4. The molecule has 3 aromatic heterocycles. The normalized spacial score (nSPS) is 17.1. The van der Waals surface area contributed by atoms with Crippen LogP contribution in [-0.4, -0.2) is 38.5 Å². The van der Waals surface area contributed by atoms with Gasteiger partial charge in [0.15, 0.2) is 0 Å². The van der Waals surface area contributed by atoms with Gasteiger partial charge in [-0.25, -0.2) is 4.98 Å². The number of para-hydroxylation sites is 2. The molecule has 7 rings (SSSR count). The molecule has 5 nitrogen and oxygen atoms in total. The number of nitrogens with one attached hydrogen (secondary N) is 2. The van der Waals surface area contributed by atoms with E-state index in [0.717, 1.165) is 32.2 Å². The molecule has 0 saturated carbocycles. The molecule has 202 valence electrons. The first-order valence-corrected chi connectivity index (χ1v) is 14.1. The Kier molecular flexibility index (Phi) is 7.39. The number of aromatic nitrogens is 4. The van der Waals surface area contributed by atoms with Gasteiger partial charge in [0, 0.05) is 52.8 Å². The highest BCUT2D eigenvalue weighted by Crippen LogP contribution is 2.43. The molecular formula is C35H37N5. The van der Waals surface area contributed by atoms with Crippen molar-refractivity contribution >= 4 is 27.4 Å². The van der Waals surface area contributed by atoms with Crippen molar-refractivity contribution in [3.05, 3.63) is 133 Å². The number of imidazole rings is 1. The number of aryl methyl sites for hydroxylation is 2. The fourth-order valence-corrected chi connectivity index (χ4v) is 6.13. The molecule has 1 aliphatic carbocycles. The van der Waals surface area contributed by atoms with E-state index < -0.39 is 0 Å². The van der Waals surface area contributed by atoms with Crippen LogP contribution in [0.2, 0.25) is 0 Å². The first-order valence-electron chi connectivity index (χ1n) is 14.1. The molecule has 3 aromatic carbocycles. The molecule has 0 fully saturated rings. The molecule has 0 spiro atoms. The quantitative estimate of drug-likeness (QED) is 0.232. The van der Waals surface area contributed by atoms with E-state index in [9.17, 15) is 0 Å². The summed E-state index contributed by atoms with van der Waals surface area (Å²) in [4.78, 5) is 13.5. The number of aromatic amines is 2. The first-order chi connectivity index (χ1) is 19.6. The summed E-state index contributed by atoms with van der Waals surface area (Å²) in [7, 11) is 4.43. The summed E-state index contributed by atoms with van der Waals surface area (Å²) in [5, 5.41) is 2.61. The van der Waals surface area contributed by atoms with Gasteiger partial charge in [-0.2, -0.15) is 0 Å². The second-order valence-corrected chi connectivity index (χ2v) is 10.9. The summed E-state index contributed by atoms with van der Waals surface area (Å²) in [5.74, 6) is 0. The van der Waals surface area contributed by atoms with Crippen LogP contribution >= 0.6 is 0 Å². The minimum Gasteiger partial charge on any atom is -0.361 e. The fraction of sp³-hybridized carbons (Fsp3) is 0.229. The Bertz CT molecular complexity index is 1670. The summed E-state index contributed by atoms with van der Waals surface area (Å²) in [6.45, 7) is 0.938. The molecular weight excluding hydrogens is 490 g/mol. The molecule has 2 N–H and O–H groups in total. The minimum absolute atomic E-state index is 0.0632. The van der Waals surface area contributed by atoms with Crippen LogP contribution in [0, 0.1) is 0 Å². The molecule has 0 bridgehead atoms. The summed E-state index contributed by atoms with van der Waals surface area (Å²) >= 11 is 0. The van der Waals surface area contributed by atoms with Gasteiger partial charge in [0.2, 0.25) is 0 Å². The van der Waals surface area contributed by atoms with Gasteiger partial charge < -0.3 is 14.5 Å². The molecule has 5 heteroatoms. The molecule has 6 aromatic rings. The molecule has 1 aliphatic rings. The summed E-state index contributed by atoms with van der Waals surface area (Å²) < 4.78 is 2.16. The average molecular weight is 528 g/mol. The second-order valence-electron chi connectivity index (χ2n) is 10.9. The van der Waals surface area contributed by atoms with Gasteiger partial charge in [0.25, 0.3) is 0 Å². The van der Waals surface area contributed by atoms with Gasteiger partial charge in [-0.1, -0.05) is 72.8 Å². The zero-order valence-corrected chi connectivity index (χ0v) is 23.3. The molecule has 40 heavy (non-hydrogen) atoms. The van der Waals surface area contributed by atoms with Crippen molar-refractivity contribution in [3.63, 3.8) is 0 Å². The van der Waals surface area contributed by atoms with E-state index in [1.807, 2.05) is 37.1 Å². The van der Waals surface area contributed by atoms with E-state index in [4.69, 9.17) is 0 Å². The summed E-state index contributed by atoms with van der Waals surface area (Å²) in [6, 6.07) is 30.0. The Hall–Kier alpha value is -4.35. The van der Waals surface area contributed by atoms with E-state index in [2.05, 4.69) is 117 Å². The van der Waals surface area contributed by atoms with Crippen LogP contribution in [-0.2, 0) is 18.5 Å². The summed E-state index contributed by atoms with van der Waals surface area (Å²) in [5.41, 5.74) is 8.10. The Morgan fingerprint density at radius 3 is 2.40 bits per heavy atom. The van der Waals surface area contributed by atoms with Gasteiger partial charge >= 0.3 is 0 Å². The predicted molar refractivity (Wildman–Crippen MR) is 166 cm³/mol. The van der Waals surface area contributed by atoms with Crippen LogP contribution in [0.1, 0.15) is 36.1 Å². The second kappa shape index (κ2) is 11.4.